The second-order valence-corrected chi connectivity index (χ2v) is 4.61. The molecule has 0 aliphatic heterocycles. The van der Waals surface area contributed by atoms with Crippen molar-refractivity contribution in [1.29, 1.82) is 0 Å². The summed E-state index contributed by atoms with van der Waals surface area (Å²) in [6.07, 6.45) is 3.32. The summed E-state index contributed by atoms with van der Waals surface area (Å²) in [6, 6.07) is 4.79. The summed E-state index contributed by atoms with van der Waals surface area (Å²) in [5, 5.41) is 11.4. The molecule has 0 amide bonds. The number of aromatic nitrogens is 2. The van der Waals surface area contributed by atoms with Gasteiger partial charge < -0.3 is 5.73 Å². The minimum atomic E-state index is -0.494. The highest BCUT2D eigenvalue weighted by Crippen LogP contribution is 2.36. The molecule has 92 valence electrons. The van der Waals surface area contributed by atoms with E-state index in [0.717, 1.165) is 17.3 Å². The van der Waals surface area contributed by atoms with Crippen molar-refractivity contribution in [2.24, 2.45) is 0 Å². The largest absolute Gasteiger partial charge is 0.393 e. The fourth-order valence-electron chi connectivity index (χ4n) is 1.35. The number of hydrogen-bond donors (Lipinski definition) is 1. The monoisotopic (exact) mass is 262 g/mol. The standard InChI is InChI=1S/C11H10N4O2S/c1-7-5-13-11(14-6-7)18-9-4-2-3-8(12)10(9)15(16)17/h2-6H,12H2,1H3. The second-order valence-electron chi connectivity index (χ2n) is 3.60. The van der Waals surface area contributed by atoms with Gasteiger partial charge in [0.05, 0.1) is 9.82 Å². The van der Waals surface area contributed by atoms with E-state index in [1.165, 1.54) is 6.07 Å². The average molecular weight is 262 g/mol. The molecule has 2 N–H and O–H groups in total. The topological polar surface area (TPSA) is 94.9 Å². The fraction of sp³-hybridized carbons (Fsp3) is 0.0909. The van der Waals surface area contributed by atoms with Crippen molar-refractivity contribution in [3.05, 3.63) is 46.3 Å². The molecule has 0 bridgehead atoms. The van der Waals surface area contributed by atoms with Gasteiger partial charge in [0, 0.05) is 12.4 Å². The molecule has 0 saturated carbocycles. The Kier molecular flexibility index (Phi) is 3.42. The second kappa shape index (κ2) is 5.01. The lowest BCUT2D eigenvalue weighted by Gasteiger charge is -2.03. The Morgan fingerprint density at radius 1 is 1.33 bits per heavy atom. The number of para-hydroxylation sites is 1. The average Bonchev–Trinajstić information content (AvgIpc) is 2.32. The van der Waals surface area contributed by atoms with Crippen molar-refractivity contribution in [3.8, 4) is 0 Å². The minimum absolute atomic E-state index is 0.105. The number of nitro groups is 1. The fourth-order valence-corrected chi connectivity index (χ4v) is 2.19. The summed E-state index contributed by atoms with van der Waals surface area (Å²) in [7, 11) is 0. The van der Waals surface area contributed by atoms with Crippen molar-refractivity contribution < 1.29 is 4.92 Å². The lowest BCUT2D eigenvalue weighted by molar-refractivity contribution is -0.386. The number of nitrogens with two attached hydrogens (primary N) is 1. The smallest absolute Gasteiger partial charge is 0.306 e. The van der Waals surface area contributed by atoms with E-state index in [0.29, 0.717) is 10.1 Å². The molecule has 0 fully saturated rings. The predicted octanol–water partition coefficient (Wildman–Crippen LogP) is 2.43. The third kappa shape index (κ3) is 2.57. The van der Waals surface area contributed by atoms with Gasteiger partial charge in [-0.15, -0.1) is 0 Å². The first-order valence-electron chi connectivity index (χ1n) is 5.07. The molecule has 6 nitrogen and oxygen atoms in total. The van der Waals surface area contributed by atoms with Crippen molar-refractivity contribution in [1.82, 2.24) is 9.97 Å². The van der Waals surface area contributed by atoms with Gasteiger partial charge in [0.2, 0.25) is 0 Å². The maximum atomic E-state index is 11.0. The molecule has 0 radical (unpaired) electrons. The van der Waals surface area contributed by atoms with Crippen LogP contribution in [0, 0.1) is 17.0 Å². The van der Waals surface area contributed by atoms with Gasteiger partial charge >= 0.3 is 5.69 Å². The highest BCUT2D eigenvalue weighted by atomic mass is 32.2. The predicted molar refractivity (Wildman–Crippen MR) is 68.4 cm³/mol. The quantitative estimate of drug-likeness (QED) is 0.395. The van der Waals surface area contributed by atoms with Crippen LogP contribution in [0.2, 0.25) is 0 Å². The van der Waals surface area contributed by atoms with E-state index in [9.17, 15) is 10.1 Å². The number of rotatable bonds is 3. The number of nitrogens with zero attached hydrogens (tertiary/aromatic N) is 3. The van der Waals surface area contributed by atoms with Gasteiger partial charge in [-0.05, 0) is 36.4 Å². The van der Waals surface area contributed by atoms with Crippen molar-refractivity contribution in [2.75, 3.05) is 5.73 Å². The third-order valence-electron chi connectivity index (χ3n) is 2.17. The molecule has 0 unspecified atom stereocenters. The molecule has 0 atom stereocenters. The molecular formula is C11H10N4O2S. The lowest BCUT2D eigenvalue weighted by atomic mass is 10.3. The zero-order valence-corrected chi connectivity index (χ0v) is 10.3. The molecule has 1 aromatic heterocycles. The molecule has 7 heteroatoms. The van der Waals surface area contributed by atoms with E-state index in [4.69, 9.17) is 5.73 Å². The molecule has 0 saturated heterocycles. The first kappa shape index (κ1) is 12.3. The summed E-state index contributed by atoms with van der Waals surface area (Å²) in [5.74, 6) is 0. The van der Waals surface area contributed by atoms with Crippen molar-refractivity contribution in [3.63, 3.8) is 0 Å². The van der Waals surface area contributed by atoms with E-state index in [1.807, 2.05) is 6.92 Å². The van der Waals surface area contributed by atoms with E-state index in [2.05, 4.69) is 9.97 Å². The van der Waals surface area contributed by atoms with E-state index in [-0.39, 0.29) is 11.4 Å². The van der Waals surface area contributed by atoms with Crippen molar-refractivity contribution in [2.45, 2.75) is 17.0 Å². The van der Waals surface area contributed by atoms with Gasteiger partial charge in [-0.2, -0.15) is 0 Å². The Hall–Kier alpha value is -2.15. The summed E-state index contributed by atoms with van der Waals surface area (Å²) >= 11 is 1.12. The highest BCUT2D eigenvalue weighted by Gasteiger charge is 2.19. The van der Waals surface area contributed by atoms with Crippen LogP contribution in [0.25, 0.3) is 0 Å². The van der Waals surface area contributed by atoms with E-state index in [1.54, 1.807) is 24.5 Å². The Labute approximate surface area is 107 Å². The number of hydrogen-bond acceptors (Lipinski definition) is 6. The van der Waals surface area contributed by atoms with Crippen molar-refractivity contribution >= 4 is 23.1 Å². The summed E-state index contributed by atoms with van der Waals surface area (Å²) in [4.78, 5) is 19.1. The zero-order valence-electron chi connectivity index (χ0n) is 9.53. The van der Waals surface area contributed by atoms with Gasteiger partial charge in [-0.25, -0.2) is 9.97 Å². The van der Waals surface area contributed by atoms with Crippen LogP contribution in [0.15, 0.2) is 40.6 Å². The van der Waals surface area contributed by atoms with E-state index < -0.39 is 4.92 Å². The van der Waals surface area contributed by atoms with Gasteiger partial charge in [0.15, 0.2) is 5.16 Å². The van der Waals surface area contributed by atoms with Crippen LogP contribution < -0.4 is 5.73 Å². The molecule has 2 rings (SSSR count). The molecule has 1 heterocycles. The SMILES string of the molecule is Cc1cnc(Sc2cccc(N)c2[N+](=O)[O-])nc1. The molecule has 2 aromatic rings. The first-order chi connectivity index (χ1) is 8.58. The van der Waals surface area contributed by atoms with Crippen LogP contribution in [0.4, 0.5) is 11.4 Å². The molecule has 18 heavy (non-hydrogen) atoms. The Bertz CT molecular complexity index is 586. The highest BCUT2D eigenvalue weighted by molar-refractivity contribution is 7.99. The Balaban J connectivity index is 2.37. The number of anilines is 1. The maximum absolute atomic E-state index is 11.0. The van der Waals surface area contributed by atoms with Gasteiger partial charge in [0.25, 0.3) is 0 Å². The molecule has 1 aromatic carbocycles. The minimum Gasteiger partial charge on any atom is -0.393 e. The third-order valence-corrected chi connectivity index (χ3v) is 3.11. The van der Waals surface area contributed by atoms with Crippen LogP contribution in [0.5, 0.6) is 0 Å². The molecule has 0 aliphatic rings. The number of benzene rings is 1. The van der Waals surface area contributed by atoms with E-state index >= 15 is 0 Å². The molecule has 0 spiro atoms. The van der Waals surface area contributed by atoms with Crippen LogP contribution in [-0.2, 0) is 0 Å². The maximum Gasteiger partial charge on any atom is 0.306 e. The van der Waals surface area contributed by atoms with Gasteiger partial charge in [-0.1, -0.05) is 6.07 Å². The zero-order chi connectivity index (χ0) is 13.1. The van der Waals surface area contributed by atoms with Crippen LogP contribution in [-0.4, -0.2) is 14.9 Å². The summed E-state index contributed by atoms with van der Waals surface area (Å²) in [6.45, 7) is 1.87. The number of aryl methyl sites for hydroxylation is 1. The number of nitrogen functional groups attached to an aromatic ring is 1. The Morgan fingerprint density at radius 3 is 2.61 bits per heavy atom. The van der Waals surface area contributed by atoms with Gasteiger partial charge in [-0.3, -0.25) is 10.1 Å². The van der Waals surface area contributed by atoms with Gasteiger partial charge in [0.1, 0.15) is 5.69 Å². The van der Waals surface area contributed by atoms with Crippen LogP contribution in [0.1, 0.15) is 5.56 Å². The lowest BCUT2D eigenvalue weighted by Crippen LogP contribution is -1.97. The summed E-state index contributed by atoms with van der Waals surface area (Å²) < 4.78 is 0. The molecule has 0 aliphatic carbocycles. The molecular weight excluding hydrogens is 252 g/mol. The number of nitro benzene ring substituents is 1. The normalized spacial score (nSPS) is 10.3. The van der Waals surface area contributed by atoms with Crippen LogP contribution >= 0.6 is 11.8 Å². The Morgan fingerprint density at radius 2 is 2.00 bits per heavy atom. The summed E-state index contributed by atoms with van der Waals surface area (Å²) in [5.41, 5.74) is 6.57. The van der Waals surface area contributed by atoms with Crippen LogP contribution in [0.3, 0.4) is 0 Å². The first-order valence-corrected chi connectivity index (χ1v) is 5.89.